The van der Waals surface area contributed by atoms with Gasteiger partial charge >= 0.3 is 0 Å². The van der Waals surface area contributed by atoms with E-state index in [0.29, 0.717) is 23.7 Å². The molecule has 24 heavy (non-hydrogen) atoms. The molecule has 126 valence electrons. The van der Waals surface area contributed by atoms with E-state index in [2.05, 4.69) is 27.0 Å². The van der Waals surface area contributed by atoms with Gasteiger partial charge in [-0.05, 0) is 50.9 Å². The lowest BCUT2D eigenvalue weighted by molar-refractivity contribution is -0.0528. The van der Waals surface area contributed by atoms with Crippen LogP contribution in [0, 0.1) is 5.92 Å². The average Bonchev–Trinajstić information content (AvgIpc) is 2.66. The highest BCUT2D eigenvalue weighted by molar-refractivity contribution is 5.57. The number of hydrogen-bond donors (Lipinski definition) is 0. The molecule has 3 aliphatic rings. The summed E-state index contributed by atoms with van der Waals surface area (Å²) in [4.78, 5) is 6.71. The van der Waals surface area contributed by atoms with E-state index >= 15 is 0 Å². The summed E-state index contributed by atoms with van der Waals surface area (Å²) in [5.41, 5.74) is 1.69. The van der Waals surface area contributed by atoms with Gasteiger partial charge in [0, 0.05) is 29.9 Å². The molecule has 3 fully saturated rings. The van der Waals surface area contributed by atoms with Gasteiger partial charge < -0.3 is 9.47 Å². The maximum absolute atomic E-state index is 6.18. The first-order valence-corrected chi connectivity index (χ1v) is 8.49. The molecule has 6 nitrogen and oxygen atoms in total. The largest absolute Gasteiger partial charge is 0.481 e. The second kappa shape index (κ2) is 6.36. The van der Waals surface area contributed by atoms with Gasteiger partial charge in [0.15, 0.2) is 0 Å². The van der Waals surface area contributed by atoms with Gasteiger partial charge in [-0.25, -0.2) is 4.98 Å². The molecular formula is C18H22N4O2. The molecule has 2 atom stereocenters. The van der Waals surface area contributed by atoms with Crippen molar-refractivity contribution in [3.63, 3.8) is 0 Å². The Kier molecular flexibility index (Phi) is 4.06. The van der Waals surface area contributed by atoms with Crippen LogP contribution in [0.15, 0.2) is 30.5 Å². The number of rotatable bonds is 4. The van der Waals surface area contributed by atoms with Crippen LogP contribution in [0.5, 0.6) is 11.8 Å². The van der Waals surface area contributed by atoms with E-state index < -0.39 is 0 Å². The quantitative estimate of drug-likeness (QED) is 0.860. The van der Waals surface area contributed by atoms with Crippen molar-refractivity contribution in [2.75, 3.05) is 20.2 Å². The lowest BCUT2D eigenvalue weighted by Crippen LogP contribution is -2.58. The van der Waals surface area contributed by atoms with Gasteiger partial charge in [-0.3, -0.25) is 4.90 Å². The maximum atomic E-state index is 6.18. The van der Waals surface area contributed by atoms with Crippen LogP contribution < -0.4 is 9.47 Å². The van der Waals surface area contributed by atoms with Gasteiger partial charge in [0.1, 0.15) is 6.10 Å². The van der Waals surface area contributed by atoms with Gasteiger partial charge in [0.05, 0.1) is 12.8 Å². The van der Waals surface area contributed by atoms with Crippen molar-refractivity contribution < 1.29 is 9.47 Å². The highest BCUT2D eigenvalue weighted by atomic mass is 16.5. The Labute approximate surface area is 141 Å². The summed E-state index contributed by atoms with van der Waals surface area (Å²) >= 11 is 0. The van der Waals surface area contributed by atoms with E-state index in [4.69, 9.17) is 9.47 Å². The molecule has 0 aliphatic carbocycles. The minimum atomic E-state index is 0.218. The molecule has 0 N–H and O–H groups in total. The van der Waals surface area contributed by atoms with Gasteiger partial charge in [-0.2, -0.15) is 0 Å². The number of nitrogens with zero attached hydrogens (tertiary/aromatic N) is 4. The molecule has 2 aromatic rings. The lowest BCUT2D eigenvalue weighted by Gasteiger charge is -2.48. The average molecular weight is 326 g/mol. The van der Waals surface area contributed by atoms with Gasteiger partial charge in [-0.1, -0.05) is 0 Å². The van der Waals surface area contributed by atoms with Crippen LogP contribution >= 0.6 is 0 Å². The number of methoxy groups -OCH3 is 1. The van der Waals surface area contributed by atoms with Crippen molar-refractivity contribution >= 4 is 0 Å². The number of fused-ring (bicyclic) bond motifs is 3. The van der Waals surface area contributed by atoms with Gasteiger partial charge in [0.25, 0.3) is 0 Å². The fourth-order valence-electron chi connectivity index (χ4n) is 3.78. The van der Waals surface area contributed by atoms with E-state index in [9.17, 15) is 0 Å². The second-order valence-electron chi connectivity index (χ2n) is 6.54. The first kappa shape index (κ1) is 15.3. The molecule has 5 rings (SSSR count). The standard InChI is InChI=1S/C18H22N4O2/c1-12-18(13-7-9-22(12)10-8-13)24-17-6-4-15(20-21-17)14-3-5-16(23-2)19-11-14/h3-6,11-13,18H,7-10H2,1-2H3/t12-,18-/m0/s1. The third-order valence-electron chi connectivity index (χ3n) is 5.23. The normalized spacial score (nSPS) is 28.6. The van der Waals surface area contributed by atoms with Crippen molar-refractivity contribution in [2.24, 2.45) is 5.92 Å². The van der Waals surface area contributed by atoms with E-state index in [1.807, 2.05) is 24.3 Å². The number of ether oxygens (including phenoxy) is 2. The number of hydrogen-bond acceptors (Lipinski definition) is 6. The predicted octanol–water partition coefficient (Wildman–Crippen LogP) is 2.41. The zero-order chi connectivity index (χ0) is 16.5. The van der Waals surface area contributed by atoms with E-state index in [1.165, 1.54) is 25.9 Å². The molecule has 0 aromatic carbocycles. The zero-order valence-corrected chi connectivity index (χ0v) is 14.1. The second-order valence-corrected chi connectivity index (χ2v) is 6.54. The first-order valence-electron chi connectivity index (χ1n) is 8.49. The number of piperidine rings is 3. The lowest BCUT2D eigenvalue weighted by atomic mass is 9.81. The van der Waals surface area contributed by atoms with Crippen molar-refractivity contribution in [3.8, 4) is 23.0 Å². The Morgan fingerprint density at radius 3 is 2.42 bits per heavy atom. The molecule has 2 bridgehead atoms. The Morgan fingerprint density at radius 1 is 1.04 bits per heavy atom. The molecule has 3 aliphatic heterocycles. The molecule has 0 saturated carbocycles. The molecule has 5 heterocycles. The van der Waals surface area contributed by atoms with Crippen LogP contribution in [0.2, 0.25) is 0 Å². The zero-order valence-electron chi connectivity index (χ0n) is 14.1. The first-order chi connectivity index (χ1) is 11.7. The van der Waals surface area contributed by atoms with Crippen molar-refractivity contribution in [2.45, 2.75) is 31.9 Å². The summed E-state index contributed by atoms with van der Waals surface area (Å²) in [6, 6.07) is 8.02. The van der Waals surface area contributed by atoms with Crippen molar-refractivity contribution in [1.29, 1.82) is 0 Å². The minimum Gasteiger partial charge on any atom is -0.481 e. The fraction of sp³-hybridized carbons (Fsp3) is 0.500. The Bertz CT molecular complexity index is 679. The Balaban J connectivity index is 1.47. The summed E-state index contributed by atoms with van der Waals surface area (Å²) in [5.74, 6) is 1.83. The molecule has 6 heteroatoms. The SMILES string of the molecule is COc1ccc(-c2ccc(O[C@@H]3C4CCN(CC4)[C@H]3C)nn2)cn1. The summed E-state index contributed by atoms with van der Waals surface area (Å²) in [6.07, 6.45) is 4.39. The number of aromatic nitrogens is 3. The monoisotopic (exact) mass is 326 g/mol. The highest BCUT2D eigenvalue weighted by Crippen LogP contribution is 2.34. The molecule has 3 saturated heterocycles. The predicted molar refractivity (Wildman–Crippen MR) is 90.0 cm³/mol. The summed E-state index contributed by atoms with van der Waals surface area (Å²) in [7, 11) is 1.60. The fourth-order valence-corrected chi connectivity index (χ4v) is 3.78. The molecule has 0 amide bonds. The molecule has 0 spiro atoms. The molecular weight excluding hydrogens is 304 g/mol. The third kappa shape index (κ3) is 2.82. The van der Waals surface area contributed by atoms with E-state index in [1.54, 1.807) is 13.3 Å². The van der Waals surface area contributed by atoms with Gasteiger partial charge in [0.2, 0.25) is 11.8 Å². The van der Waals surface area contributed by atoms with Crippen LogP contribution in [0.3, 0.4) is 0 Å². The van der Waals surface area contributed by atoms with Crippen LogP contribution in [0.4, 0.5) is 0 Å². The van der Waals surface area contributed by atoms with E-state index in [-0.39, 0.29) is 6.10 Å². The third-order valence-corrected chi connectivity index (χ3v) is 5.23. The Morgan fingerprint density at radius 2 is 1.83 bits per heavy atom. The van der Waals surface area contributed by atoms with Crippen molar-refractivity contribution in [3.05, 3.63) is 30.5 Å². The number of pyridine rings is 1. The van der Waals surface area contributed by atoms with E-state index in [0.717, 1.165) is 11.3 Å². The minimum absolute atomic E-state index is 0.218. The molecule has 0 radical (unpaired) electrons. The van der Waals surface area contributed by atoms with Crippen LogP contribution in [0.1, 0.15) is 19.8 Å². The smallest absolute Gasteiger partial charge is 0.233 e. The van der Waals surface area contributed by atoms with Crippen molar-refractivity contribution in [1.82, 2.24) is 20.1 Å². The van der Waals surface area contributed by atoms with Crippen LogP contribution in [-0.2, 0) is 0 Å². The topological polar surface area (TPSA) is 60.4 Å². The van der Waals surface area contributed by atoms with Crippen LogP contribution in [0.25, 0.3) is 11.3 Å². The molecule has 0 unspecified atom stereocenters. The molecule has 2 aromatic heterocycles. The Hall–Kier alpha value is -2.21. The summed E-state index contributed by atoms with van der Waals surface area (Å²) < 4.78 is 11.2. The highest BCUT2D eigenvalue weighted by Gasteiger charge is 2.41. The summed E-state index contributed by atoms with van der Waals surface area (Å²) in [6.45, 7) is 4.64. The van der Waals surface area contributed by atoms with Crippen LogP contribution in [-0.4, -0.2) is 52.4 Å². The maximum Gasteiger partial charge on any atom is 0.233 e. The summed E-state index contributed by atoms with van der Waals surface area (Å²) in [5, 5.41) is 8.55. The van der Waals surface area contributed by atoms with Gasteiger partial charge in [-0.15, -0.1) is 10.2 Å².